The quantitative estimate of drug-likeness (QED) is 0.441. The minimum atomic E-state index is -0.417. The molecule has 2 atom stereocenters. The highest BCUT2D eigenvalue weighted by Gasteiger charge is 2.05. The van der Waals surface area contributed by atoms with Crippen LogP contribution >= 0.6 is 0 Å². The van der Waals surface area contributed by atoms with Crippen LogP contribution in [0.5, 0.6) is 0 Å². The van der Waals surface area contributed by atoms with Crippen LogP contribution in [-0.4, -0.2) is 30.8 Å². The normalized spacial score (nSPS) is 18.0. The van der Waals surface area contributed by atoms with Crippen molar-refractivity contribution in [2.24, 2.45) is 5.73 Å². The number of nitrogens with two attached hydrogens (primary N) is 1. The second kappa shape index (κ2) is 3.83. The van der Waals surface area contributed by atoms with E-state index in [0.717, 1.165) is 0 Å². The van der Waals surface area contributed by atoms with E-state index in [1.165, 1.54) is 0 Å². The molecule has 0 fully saturated rings. The predicted octanol–water partition coefficient (Wildman–Crippen LogP) is -1.09. The van der Waals surface area contributed by atoms with Crippen molar-refractivity contribution in [3.63, 3.8) is 0 Å². The molecule has 0 radical (unpaired) electrons. The SMILES string of the molecule is CNCC(O)C(C)N. The highest BCUT2D eigenvalue weighted by molar-refractivity contribution is 4.66. The van der Waals surface area contributed by atoms with Crippen LogP contribution in [0.15, 0.2) is 0 Å². The first-order chi connectivity index (χ1) is 3.68. The molecule has 0 aliphatic carbocycles. The number of nitrogens with one attached hydrogen (secondary N) is 1. The minimum absolute atomic E-state index is 0.137. The molecule has 2 unspecified atom stereocenters. The summed E-state index contributed by atoms with van der Waals surface area (Å²) in [5, 5.41) is 11.8. The van der Waals surface area contributed by atoms with Crippen molar-refractivity contribution in [3.05, 3.63) is 0 Å². The average Bonchev–Trinajstić information content (AvgIpc) is 1.67. The summed E-state index contributed by atoms with van der Waals surface area (Å²) in [4.78, 5) is 0. The molecule has 50 valence electrons. The summed E-state index contributed by atoms with van der Waals surface area (Å²) in [7, 11) is 1.78. The number of hydrogen-bond acceptors (Lipinski definition) is 3. The molecule has 0 aliphatic heterocycles. The molecule has 0 aromatic heterocycles. The lowest BCUT2D eigenvalue weighted by molar-refractivity contribution is 0.151. The van der Waals surface area contributed by atoms with E-state index in [1.54, 1.807) is 14.0 Å². The van der Waals surface area contributed by atoms with Crippen molar-refractivity contribution in [3.8, 4) is 0 Å². The summed E-state index contributed by atoms with van der Waals surface area (Å²) >= 11 is 0. The summed E-state index contributed by atoms with van der Waals surface area (Å²) in [6, 6.07) is -0.137. The smallest absolute Gasteiger partial charge is 0.0812 e. The van der Waals surface area contributed by atoms with Crippen molar-refractivity contribution in [2.75, 3.05) is 13.6 Å². The van der Waals surface area contributed by atoms with Gasteiger partial charge in [-0.25, -0.2) is 0 Å². The molecule has 0 amide bonds. The van der Waals surface area contributed by atoms with Gasteiger partial charge in [0, 0.05) is 12.6 Å². The lowest BCUT2D eigenvalue weighted by Crippen LogP contribution is -2.38. The molecule has 0 saturated heterocycles. The van der Waals surface area contributed by atoms with Gasteiger partial charge in [0.15, 0.2) is 0 Å². The van der Waals surface area contributed by atoms with Gasteiger partial charge < -0.3 is 16.2 Å². The largest absolute Gasteiger partial charge is 0.390 e. The van der Waals surface area contributed by atoms with Crippen LogP contribution in [0, 0.1) is 0 Å². The predicted molar refractivity (Wildman–Crippen MR) is 33.6 cm³/mol. The first kappa shape index (κ1) is 7.88. The Morgan fingerprint density at radius 1 is 1.75 bits per heavy atom. The minimum Gasteiger partial charge on any atom is -0.390 e. The number of hydrogen-bond donors (Lipinski definition) is 3. The zero-order valence-corrected chi connectivity index (χ0v) is 5.39. The molecular formula is C5H14N2O. The third-order valence-electron chi connectivity index (χ3n) is 1.02. The summed E-state index contributed by atoms with van der Waals surface area (Å²) in [5.41, 5.74) is 5.33. The standard InChI is InChI=1S/C5H14N2O/c1-4(6)5(8)3-7-2/h4-5,7-8H,3,6H2,1-2H3. The molecule has 0 heterocycles. The van der Waals surface area contributed by atoms with E-state index in [2.05, 4.69) is 5.32 Å². The molecule has 0 rings (SSSR count). The number of aliphatic hydroxyl groups is 1. The fraction of sp³-hybridized carbons (Fsp3) is 1.00. The Kier molecular flexibility index (Phi) is 3.77. The summed E-state index contributed by atoms with van der Waals surface area (Å²) in [6.45, 7) is 2.35. The van der Waals surface area contributed by atoms with Crippen molar-refractivity contribution in [1.82, 2.24) is 5.32 Å². The Bertz CT molecular complexity index is 56.4. The van der Waals surface area contributed by atoms with Crippen LogP contribution < -0.4 is 11.1 Å². The number of aliphatic hydroxyl groups excluding tert-OH is 1. The van der Waals surface area contributed by atoms with Crippen LogP contribution in [0.3, 0.4) is 0 Å². The van der Waals surface area contributed by atoms with Crippen LogP contribution in [0.2, 0.25) is 0 Å². The average molecular weight is 118 g/mol. The van der Waals surface area contributed by atoms with Crippen LogP contribution in [0.4, 0.5) is 0 Å². The molecule has 4 N–H and O–H groups in total. The fourth-order valence-electron chi connectivity index (χ4n) is 0.395. The number of rotatable bonds is 3. The highest BCUT2D eigenvalue weighted by atomic mass is 16.3. The summed E-state index contributed by atoms with van der Waals surface area (Å²) < 4.78 is 0. The van der Waals surface area contributed by atoms with Gasteiger partial charge >= 0.3 is 0 Å². The molecule has 0 saturated carbocycles. The Balaban J connectivity index is 3.17. The van der Waals surface area contributed by atoms with Gasteiger partial charge in [-0.05, 0) is 14.0 Å². The molecular weight excluding hydrogens is 104 g/mol. The molecule has 8 heavy (non-hydrogen) atoms. The topological polar surface area (TPSA) is 58.3 Å². The molecule has 0 spiro atoms. The van der Waals surface area contributed by atoms with Gasteiger partial charge in [-0.2, -0.15) is 0 Å². The monoisotopic (exact) mass is 118 g/mol. The van der Waals surface area contributed by atoms with Crippen LogP contribution in [0.1, 0.15) is 6.92 Å². The van der Waals surface area contributed by atoms with Crippen molar-refractivity contribution >= 4 is 0 Å². The second-order valence-corrected chi connectivity index (χ2v) is 1.98. The third-order valence-corrected chi connectivity index (χ3v) is 1.02. The Hall–Kier alpha value is -0.120. The van der Waals surface area contributed by atoms with Gasteiger partial charge in [0.05, 0.1) is 6.10 Å². The molecule has 0 aliphatic rings. The Labute approximate surface area is 49.9 Å². The second-order valence-electron chi connectivity index (χ2n) is 1.98. The van der Waals surface area contributed by atoms with E-state index in [9.17, 15) is 0 Å². The Morgan fingerprint density at radius 3 is 2.38 bits per heavy atom. The molecule has 3 heteroatoms. The zero-order chi connectivity index (χ0) is 6.57. The van der Waals surface area contributed by atoms with E-state index in [0.29, 0.717) is 6.54 Å². The van der Waals surface area contributed by atoms with Gasteiger partial charge in [-0.3, -0.25) is 0 Å². The first-order valence-electron chi connectivity index (χ1n) is 2.76. The van der Waals surface area contributed by atoms with E-state index in [1.807, 2.05) is 0 Å². The number of likely N-dealkylation sites (N-methyl/N-ethyl adjacent to an activating group) is 1. The van der Waals surface area contributed by atoms with Crippen molar-refractivity contribution in [2.45, 2.75) is 19.1 Å². The van der Waals surface area contributed by atoms with Gasteiger partial charge in [0.1, 0.15) is 0 Å². The molecule has 3 nitrogen and oxygen atoms in total. The van der Waals surface area contributed by atoms with Gasteiger partial charge in [-0.1, -0.05) is 0 Å². The molecule has 0 aromatic rings. The maximum absolute atomic E-state index is 8.94. The van der Waals surface area contributed by atoms with Crippen LogP contribution in [-0.2, 0) is 0 Å². The van der Waals surface area contributed by atoms with E-state index in [-0.39, 0.29) is 6.04 Å². The van der Waals surface area contributed by atoms with Gasteiger partial charge in [0.2, 0.25) is 0 Å². The Morgan fingerprint density at radius 2 is 2.25 bits per heavy atom. The van der Waals surface area contributed by atoms with E-state index in [4.69, 9.17) is 10.8 Å². The van der Waals surface area contributed by atoms with E-state index < -0.39 is 6.10 Å². The third kappa shape index (κ3) is 2.96. The van der Waals surface area contributed by atoms with Crippen molar-refractivity contribution < 1.29 is 5.11 Å². The van der Waals surface area contributed by atoms with Gasteiger partial charge in [-0.15, -0.1) is 0 Å². The van der Waals surface area contributed by atoms with Crippen molar-refractivity contribution in [1.29, 1.82) is 0 Å². The highest BCUT2D eigenvalue weighted by Crippen LogP contribution is 1.83. The lowest BCUT2D eigenvalue weighted by Gasteiger charge is -2.12. The maximum atomic E-state index is 8.94. The molecule has 0 bridgehead atoms. The van der Waals surface area contributed by atoms with Crippen LogP contribution in [0.25, 0.3) is 0 Å². The molecule has 0 aromatic carbocycles. The zero-order valence-electron chi connectivity index (χ0n) is 5.39. The van der Waals surface area contributed by atoms with Gasteiger partial charge in [0.25, 0.3) is 0 Å². The fourth-order valence-corrected chi connectivity index (χ4v) is 0.395. The maximum Gasteiger partial charge on any atom is 0.0812 e. The van der Waals surface area contributed by atoms with E-state index >= 15 is 0 Å². The first-order valence-corrected chi connectivity index (χ1v) is 2.76. The lowest BCUT2D eigenvalue weighted by atomic mass is 10.2. The summed E-state index contributed by atoms with van der Waals surface area (Å²) in [5.74, 6) is 0. The summed E-state index contributed by atoms with van der Waals surface area (Å²) in [6.07, 6.45) is -0.417.